The van der Waals surface area contributed by atoms with Crippen molar-refractivity contribution in [3.8, 4) is 5.75 Å². The van der Waals surface area contributed by atoms with Crippen LogP contribution in [-0.4, -0.2) is 18.9 Å². The van der Waals surface area contributed by atoms with Gasteiger partial charge in [-0.1, -0.05) is 19.4 Å². The van der Waals surface area contributed by atoms with E-state index in [2.05, 4.69) is 0 Å². The summed E-state index contributed by atoms with van der Waals surface area (Å²) in [5.41, 5.74) is 0. The molecule has 0 aliphatic rings. The molecule has 0 fully saturated rings. The third-order valence-electron chi connectivity index (χ3n) is 2.05. The van der Waals surface area contributed by atoms with Crippen LogP contribution in [0.2, 0.25) is 0 Å². The second-order valence-corrected chi connectivity index (χ2v) is 4.98. The standard InChI is InChI=1S/C12H14O5S/c1-2-3-4-5-12(13)17-10-6-8-11(9-7-10)18(14,15)16/h4-9H,2-3H2,1H3,(H,14,15,16). The molecule has 1 rings (SSSR count). The zero-order valence-electron chi connectivity index (χ0n) is 9.87. The summed E-state index contributed by atoms with van der Waals surface area (Å²) >= 11 is 0. The number of esters is 1. The highest BCUT2D eigenvalue weighted by Crippen LogP contribution is 2.15. The number of benzene rings is 1. The van der Waals surface area contributed by atoms with Gasteiger partial charge in [0.2, 0.25) is 0 Å². The SMILES string of the molecule is CCCC=CC(=O)Oc1ccc(S(=O)(=O)O)cc1. The summed E-state index contributed by atoms with van der Waals surface area (Å²) in [5, 5.41) is 0. The average molecular weight is 270 g/mol. The van der Waals surface area contributed by atoms with Crippen LogP contribution in [0.5, 0.6) is 5.75 Å². The number of rotatable bonds is 5. The van der Waals surface area contributed by atoms with Gasteiger partial charge in [-0.3, -0.25) is 4.55 Å². The Morgan fingerprint density at radius 1 is 1.33 bits per heavy atom. The fourth-order valence-corrected chi connectivity index (χ4v) is 1.66. The van der Waals surface area contributed by atoms with Gasteiger partial charge in [0.05, 0.1) is 4.90 Å². The predicted molar refractivity (Wildman–Crippen MR) is 65.9 cm³/mol. The zero-order valence-corrected chi connectivity index (χ0v) is 10.7. The molecule has 0 aliphatic carbocycles. The largest absolute Gasteiger partial charge is 0.423 e. The Hall–Kier alpha value is -1.66. The smallest absolute Gasteiger partial charge is 0.335 e. The minimum absolute atomic E-state index is 0.216. The van der Waals surface area contributed by atoms with E-state index in [4.69, 9.17) is 9.29 Å². The van der Waals surface area contributed by atoms with Crippen LogP contribution >= 0.6 is 0 Å². The van der Waals surface area contributed by atoms with Gasteiger partial charge in [0.15, 0.2) is 0 Å². The lowest BCUT2D eigenvalue weighted by Crippen LogP contribution is -2.04. The van der Waals surface area contributed by atoms with Crippen molar-refractivity contribution in [2.24, 2.45) is 0 Å². The van der Waals surface area contributed by atoms with Crippen LogP contribution in [0.4, 0.5) is 0 Å². The lowest BCUT2D eigenvalue weighted by Gasteiger charge is -2.02. The Morgan fingerprint density at radius 2 is 1.94 bits per heavy atom. The van der Waals surface area contributed by atoms with Crippen molar-refractivity contribution in [2.75, 3.05) is 0 Å². The van der Waals surface area contributed by atoms with Crippen molar-refractivity contribution in [3.05, 3.63) is 36.4 Å². The highest BCUT2D eigenvalue weighted by molar-refractivity contribution is 7.85. The van der Waals surface area contributed by atoms with E-state index < -0.39 is 16.1 Å². The molecule has 1 aromatic carbocycles. The summed E-state index contributed by atoms with van der Waals surface area (Å²) in [7, 11) is -4.22. The Balaban J connectivity index is 2.67. The topological polar surface area (TPSA) is 80.7 Å². The predicted octanol–water partition coefficient (Wildman–Crippen LogP) is 2.20. The maximum Gasteiger partial charge on any atom is 0.335 e. The lowest BCUT2D eigenvalue weighted by atomic mass is 10.3. The van der Waals surface area contributed by atoms with Crippen molar-refractivity contribution in [2.45, 2.75) is 24.7 Å². The van der Waals surface area contributed by atoms with E-state index >= 15 is 0 Å². The van der Waals surface area contributed by atoms with Crippen LogP contribution in [-0.2, 0) is 14.9 Å². The Kier molecular flexibility index (Phi) is 5.06. The fourth-order valence-electron chi connectivity index (χ4n) is 1.18. The maximum absolute atomic E-state index is 11.3. The van der Waals surface area contributed by atoms with Crippen molar-refractivity contribution in [1.82, 2.24) is 0 Å². The molecular weight excluding hydrogens is 256 g/mol. The van der Waals surface area contributed by atoms with Crippen LogP contribution in [0.15, 0.2) is 41.3 Å². The summed E-state index contributed by atoms with van der Waals surface area (Å²) < 4.78 is 35.2. The van der Waals surface area contributed by atoms with E-state index in [1.165, 1.54) is 18.2 Å². The molecule has 1 N–H and O–H groups in total. The Labute approximate surface area is 106 Å². The van der Waals surface area contributed by atoms with Crippen LogP contribution in [0, 0.1) is 0 Å². The number of hydrogen-bond acceptors (Lipinski definition) is 4. The Bertz CT molecular complexity index is 528. The van der Waals surface area contributed by atoms with E-state index in [9.17, 15) is 13.2 Å². The molecule has 0 radical (unpaired) electrons. The zero-order chi connectivity index (χ0) is 13.6. The number of carbonyl (C=O) groups excluding carboxylic acids is 1. The van der Waals surface area contributed by atoms with Crippen molar-refractivity contribution >= 4 is 16.1 Å². The average Bonchev–Trinajstić information content (AvgIpc) is 2.29. The molecule has 1 aromatic rings. The normalized spacial score (nSPS) is 11.7. The van der Waals surface area contributed by atoms with E-state index in [-0.39, 0.29) is 10.6 Å². The molecule has 0 aliphatic heterocycles. The van der Waals surface area contributed by atoms with Gasteiger partial charge >= 0.3 is 5.97 Å². The Morgan fingerprint density at radius 3 is 2.44 bits per heavy atom. The molecule has 5 nitrogen and oxygen atoms in total. The van der Waals surface area contributed by atoms with Crippen LogP contribution < -0.4 is 4.74 Å². The molecule has 0 unspecified atom stereocenters. The van der Waals surface area contributed by atoms with Gasteiger partial charge < -0.3 is 4.74 Å². The fraction of sp³-hybridized carbons (Fsp3) is 0.250. The van der Waals surface area contributed by atoms with Crippen LogP contribution in [0.3, 0.4) is 0 Å². The monoisotopic (exact) mass is 270 g/mol. The second-order valence-electron chi connectivity index (χ2n) is 3.56. The molecular formula is C12H14O5S. The molecule has 0 heterocycles. The third kappa shape index (κ3) is 4.68. The quantitative estimate of drug-likeness (QED) is 0.384. The van der Waals surface area contributed by atoms with Gasteiger partial charge in [0.25, 0.3) is 10.1 Å². The minimum atomic E-state index is -4.22. The minimum Gasteiger partial charge on any atom is -0.423 e. The first-order valence-corrected chi connectivity index (χ1v) is 6.83. The molecule has 0 amide bonds. The molecule has 0 aromatic heterocycles. The summed E-state index contributed by atoms with van der Waals surface area (Å²) in [6, 6.07) is 4.92. The van der Waals surface area contributed by atoms with Crippen LogP contribution in [0.1, 0.15) is 19.8 Å². The van der Waals surface area contributed by atoms with E-state index in [0.29, 0.717) is 0 Å². The number of carbonyl (C=O) groups is 1. The van der Waals surface area contributed by atoms with Crippen molar-refractivity contribution in [3.63, 3.8) is 0 Å². The van der Waals surface area contributed by atoms with E-state index in [1.54, 1.807) is 6.08 Å². The first-order valence-electron chi connectivity index (χ1n) is 5.39. The van der Waals surface area contributed by atoms with Crippen LogP contribution in [0.25, 0.3) is 0 Å². The molecule has 18 heavy (non-hydrogen) atoms. The van der Waals surface area contributed by atoms with Gasteiger partial charge in [-0.25, -0.2) is 4.79 Å². The highest BCUT2D eigenvalue weighted by Gasteiger charge is 2.09. The summed E-state index contributed by atoms with van der Waals surface area (Å²) in [4.78, 5) is 11.0. The van der Waals surface area contributed by atoms with Gasteiger partial charge in [0, 0.05) is 6.08 Å². The van der Waals surface area contributed by atoms with Gasteiger partial charge in [-0.05, 0) is 30.7 Å². The first kappa shape index (κ1) is 14.4. The third-order valence-corrected chi connectivity index (χ3v) is 2.92. The molecule has 98 valence electrons. The molecule has 0 bridgehead atoms. The molecule has 0 saturated heterocycles. The van der Waals surface area contributed by atoms with Gasteiger partial charge in [0.1, 0.15) is 5.75 Å². The number of ether oxygens (including phenoxy) is 1. The summed E-state index contributed by atoms with van der Waals surface area (Å²) in [6.45, 7) is 1.99. The number of allylic oxidation sites excluding steroid dienone is 1. The van der Waals surface area contributed by atoms with E-state index in [0.717, 1.165) is 25.0 Å². The highest BCUT2D eigenvalue weighted by atomic mass is 32.2. The summed E-state index contributed by atoms with van der Waals surface area (Å²) in [5.74, 6) is -0.309. The van der Waals surface area contributed by atoms with Crippen molar-refractivity contribution < 1.29 is 22.5 Å². The van der Waals surface area contributed by atoms with Gasteiger partial charge in [-0.15, -0.1) is 0 Å². The number of hydrogen-bond donors (Lipinski definition) is 1. The maximum atomic E-state index is 11.3. The first-order chi connectivity index (χ1) is 8.43. The molecule has 0 spiro atoms. The van der Waals surface area contributed by atoms with Gasteiger partial charge in [-0.2, -0.15) is 8.42 Å². The molecule has 0 atom stereocenters. The second kappa shape index (κ2) is 6.32. The van der Waals surface area contributed by atoms with E-state index in [1.807, 2.05) is 6.92 Å². The van der Waals surface area contributed by atoms with Crippen molar-refractivity contribution in [1.29, 1.82) is 0 Å². The number of unbranched alkanes of at least 4 members (excludes halogenated alkanes) is 1. The lowest BCUT2D eigenvalue weighted by molar-refractivity contribution is -0.129. The summed E-state index contributed by atoms with van der Waals surface area (Å²) in [6.07, 6.45) is 4.75. The molecule has 6 heteroatoms. The molecule has 0 saturated carbocycles.